The van der Waals surface area contributed by atoms with Gasteiger partial charge < -0.3 is 19.9 Å². The number of ether oxygens (including phenoxy) is 1. The normalized spacial score (nSPS) is 23.4. The Morgan fingerprint density at radius 1 is 1.24 bits per heavy atom. The zero-order valence-electron chi connectivity index (χ0n) is 15.0. The van der Waals surface area contributed by atoms with E-state index in [4.69, 9.17) is 4.74 Å². The third-order valence-electron chi connectivity index (χ3n) is 4.38. The van der Waals surface area contributed by atoms with Crippen molar-refractivity contribution in [3.05, 3.63) is 0 Å². The molecule has 0 aromatic carbocycles. The summed E-state index contributed by atoms with van der Waals surface area (Å²) in [5.74, 6) is 0. The Hall–Kier alpha value is -0.160. The fraction of sp³-hybridized carbons (Fsp3) is 1.00. The maximum Gasteiger partial charge on any atom is 0.0546 e. The summed E-state index contributed by atoms with van der Waals surface area (Å²) in [6, 6.07) is 0.549. The van der Waals surface area contributed by atoms with E-state index in [1.165, 1.54) is 32.4 Å². The molecule has 0 saturated carbocycles. The summed E-state index contributed by atoms with van der Waals surface area (Å²) in [5.41, 5.74) is 0.302. The van der Waals surface area contributed by atoms with Crippen molar-refractivity contribution >= 4 is 0 Å². The first-order chi connectivity index (χ1) is 9.97. The van der Waals surface area contributed by atoms with Crippen LogP contribution in [0.4, 0.5) is 0 Å². The lowest BCUT2D eigenvalue weighted by Crippen LogP contribution is -2.50. The van der Waals surface area contributed by atoms with Crippen molar-refractivity contribution in [2.24, 2.45) is 5.41 Å². The molecular formula is C17H37N3O. The molecule has 4 nitrogen and oxygen atoms in total. The summed E-state index contributed by atoms with van der Waals surface area (Å²) in [6.45, 7) is 14.3. The van der Waals surface area contributed by atoms with Crippen LogP contribution >= 0.6 is 0 Å². The van der Waals surface area contributed by atoms with E-state index in [0.29, 0.717) is 11.5 Å². The predicted molar refractivity (Wildman–Crippen MR) is 90.9 cm³/mol. The molecule has 1 rings (SSSR count). The molecule has 1 atom stereocenters. The molecule has 21 heavy (non-hydrogen) atoms. The van der Waals surface area contributed by atoms with Gasteiger partial charge in [0.25, 0.3) is 0 Å². The van der Waals surface area contributed by atoms with E-state index in [9.17, 15) is 0 Å². The first-order valence-electron chi connectivity index (χ1n) is 8.65. The average Bonchev–Trinajstić information content (AvgIpc) is 2.45. The minimum absolute atomic E-state index is 0.302. The van der Waals surface area contributed by atoms with Gasteiger partial charge in [-0.05, 0) is 53.0 Å². The summed E-state index contributed by atoms with van der Waals surface area (Å²) in [5, 5.41) is 3.64. The van der Waals surface area contributed by atoms with Crippen LogP contribution in [0.25, 0.3) is 0 Å². The molecule has 1 heterocycles. The van der Waals surface area contributed by atoms with Gasteiger partial charge in [-0.2, -0.15) is 0 Å². The van der Waals surface area contributed by atoms with Crippen LogP contribution in [0.3, 0.4) is 0 Å². The molecule has 1 saturated heterocycles. The molecule has 126 valence electrons. The Morgan fingerprint density at radius 3 is 2.52 bits per heavy atom. The summed E-state index contributed by atoms with van der Waals surface area (Å²) in [6.07, 6.45) is 3.74. The van der Waals surface area contributed by atoms with Crippen molar-refractivity contribution < 1.29 is 4.74 Å². The first kappa shape index (κ1) is 18.9. The molecule has 1 N–H and O–H groups in total. The van der Waals surface area contributed by atoms with Crippen LogP contribution in [0, 0.1) is 5.41 Å². The van der Waals surface area contributed by atoms with Crippen LogP contribution in [0.15, 0.2) is 0 Å². The van der Waals surface area contributed by atoms with Gasteiger partial charge in [-0.1, -0.05) is 20.8 Å². The highest BCUT2D eigenvalue weighted by atomic mass is 16.5. The fourth-order valence-electron chi connectivity index (χ4n) is 3.08. The maximum absolute atomic E-state index is 5.83. The molecule has 1 fully saturated rings. The summed E-state index contributed by atoms with van der Waals surface area (Å²) in [4.78, 5) is 4.88. The summed E-state index contributed by atoms with van der Waals surface area (Å²) >= 11 is 0. The second kappa shape index (κ2) is 9.78. The second-order valence-corrected chi connectivity index (χ2v) is 7.22. The van der Waals surface area contributed by atoms with Crippen LogP contribution in [-0.2, 0) is 4.74 Å². The largest absolute Gasteiger partial charge is 0.381 e. The molecule has 0 aromatic heterocycles. The monoisotopic (exact) mass is 299 g/mol. The lowest BCUT2D eigenvalue weighted by atomic mass is 9.81. The molecule has 1 aliphatic heterocycles. The van der Waals surface area contributed by atoms with E-state index >= 15 is 0 Å². The Kier molecular flexibility index (Phi) is 8.79. The number of nitrogens with zero attached hydrogens (tertiary/aromatic N) is 2. The Morgan fingerprint density at radius 2 is 2.00 bits per heavy atom. The van der Waals surface area contributed by atoms with Gasteiger partial charge in [-0.25, -0.2) is 0 Å². The van der Waals surface area contributed by atoms with E-state index in [2.05, 4.69) is 50.0 Å². The molecule has 4 heteroatoms. The van der Waals surface area contributed by atoms with Crippen molar-refractivity contribution in [2.75, 3.05) is 60.0 Å². The van der Waals surface area contributed by atoms with Crippen LogP contribution in [0.2, 0.25) is 0 Å². The third-order valence-corrected chi connectivity index (χ3v) is 4.38. The SMILES string of the molecule is CCN(CCCN(C)C)CC1(CNC(C)C)CCCOC1. The smallest absolute Gasteiger partial charge is 0.0546 e. The van der Waals surface area contributed by atoms with Gasteiger partial charge in [-0.15, -0.1) is 0 Å². The molecule has 0 spiro atoms. The quantitative estimate of drug-likeness (QED) is 0.668. The topological polar surface area (TPSA) is 27.7 Å². The highest BCUT2D eigenvalue weighted by Crippen LogP contribution is 2.29. The van der Waals surface area contributed by atoms with E-state index in [1.54, 1.807) is 0 Å². The standard InChI is InChI=1S/C17H37N3O/c1-6-20(11-8-10-19(4)5)14-17(13-18-16(2)3)9-7-12-21-15-17/h16,18H,6-15H2,1-5H3. The molecule has 0 bridgehead atoms. The van der Waals surface area contributed by atoms with Crippen molar-refractivity contribution in [1.29, 1.82) is 0 Å². The van der Waals surface area contributed by atoms with Crippen LogP contribution in [-0.4, -0.2) is 75.9 Å². The summed E-state index contributed by atoms with van der Waals surface area (Å²) < 4.78 is 5.83. The number of hydrogen-bond donors (Lipinski definition) is 1. The zero-order chi connectivity index (χ0) is 15.7. The maximum atomic E-state index is 5.83. The Bertz CT molecular complexity index is 263. The van der Waals surface area contributed by atoms with Crippen molar-refractivity contribution in [2.45, 2.75) is 46.1 Å². The molecule has 0 radical (unpaired) electrons. The molecular weight excluding hydrogens is 262 g/mol. The summed E-state index contributed by atoms with van der Waals surface area (Å²) in [7, 11) is 4.30. The lowest BCUT2D eigenvalue weighted by Gasteiger charge is -2.41. The number of hydrogen-bond acceptors (Lipinski definition) is 4. The fourth-order valence-corrected chi connectivity index (χ4v) is 3.08. The van der Waals surface area contributed by atoms with Crippen LogP contribution in [0.5, 0.6) is 0 Å². The highest BCUT2D eigenvalue weighted by Gasteiger charge is 2.34. The van der Waals surface area contributed by atoms with E-state index in [-0.39, 0.29) is 0 Å². The van der Waals surface area contributed by atoms with Gasteiger partial charge in [0.1, 0.15) is 0 Å². The average molecular weight is 300 g/mol. The van der Waals surface area contributed by atoms with Gasteiger partial charge in [0, 0.05) is 31.2 Å². The van der Waals surface area contributed by atoms with Gasteiger partial charge in [0.05, 0.1) is 6.61 Å². The second-order valence-electron chi connectivity index (χ2n) is 7.22. The lowest BCUT2D eigenvalue weighted by molar-refractivity contribution is -0.0266. The van der Waals surface area contributed by atoms with E-state index in [0.717, 1.165) is 32.8 Å². The molecule has 1 unspecified atom stereocenters. The van der Waals surface area contributed by atoms with Crippen molar-refractivity contribution in [3.8, 4) is 0 Å². The van der Waals surface area contributed by atoms with Crippen molar-refractivity contribution in [3.63, 3.8) is 0 Å². The minimum Gasteiger partial charge on any atom is -0.381 e. The first-order valence-corrected chi connectivity index (χ1v) is 8.65. The van der Waals surface area contributed by atoms with Crippen LogP contribution < -0.4 is 5.32 Å². The van der Waals surface area contributed by atoms with Gasteiger partial charge in [-0.3, -0.25) is 0 Å². The molecule has 0 aromatic rings. The highest BCUT2D eigenvalue weighted by molar-refractivity contribution is 4.87. The third kappa shape index (κ3) is 7.59. The van der Waals surface area contributed by atoms with Crippen LogP contribution in [0.1, 0.15) is 40.0 Å². The van der Waals surface area contributed by atoms with Gasteiger partial charge >= 0.3 is 0 Å². The predicted octanol–water partition coefficient (Wildman–Crippen LogP) is 2.05. The van der Waals surface area contributed by atoms with E-state index < -0.39 is 0 Å². The molecule has 0 amide bonds. The molecule has 1 aliphatic rings. The van der Waals surface area contributed by atoms with Gasteiger partial charge in [0.2, 0.25) is 0 Å². The molecule has 0 aliphatic carbocycles. The number of nitrogens with one attached hydrogen (secondary N) is 1. The zero-order valence-corrected chi connectivity index (χ0v) is 15.0. The Balaban J connectivity index is 2.51. The number of rotatable bonds is 10. The van der Waals surface area contributed by atoms with Crippen molar-refractivity contribution in [1.82, 2.24) is 15.1 Å². The van der Waals surface area contributed by atoms with E-state index in [1.807, 2.05) is 0 Å². The Labute approximate surface area is 132 Å². The van der Waals surface area contributed by atoms with Gasteiger partial charge in [0.15, 0.2) is 0 Å². The minimum atomic E-state index is 0.302.